The number of para-hydroxylation sites is 1. The number of aromatic nitrogens is 2. The summed E-state index contributed by atoms with van der Waals surface area (Å²) in [4.78, 5) is 19.4. The van der Waals surface area contributed by atoms with E-state index in [2.05, 4.69) is 10.1 Å². The van der Waals surface area contributed by atoms with Crippen molar-refractivity contribution < 1.29 is 26.9 Å². The fraction of sp³-hybridized carbons (Fsp3) is 0.125. The first-order chi connectivity index (χ1) is 16.7. The van der Waals surface area contributed by atoms with E-state index in [0.29, 0.717) is 21.0 Å². The minimum absolute atomic E-state index is 0.0699. The van der Waals surface area contributed by atoms with Gasteiger partial charge in [-0.05, 0) is 37.3 Å². The number of fused-ring (bicyclic) bond motifs is 1. The van der Waals surface area contributed by atoms with Crippen molar-refractivity contribution in [2.75, 3.05) is 4.90 Å². The molecule has 6 nitrogen and oxygen atoms in total. The molecule has 5 aromatic rings. The summed E-state index contributed by atoms with van der Waals surface area (Å²) in [5.74, 6) is 0.0798. The first-order valence-corrected chi connectivity index (χ1v) is 11.5. The van der Waals surface area contributed by atoms with E-state index in [0.717, 1.165) is 17.4 Å². The second-order valence-electron chi connectivity index (χ2n) is 7.56. The predicted octanol–water partition coefficient (Wildman–Crippen LogP) is 7.37. The van der Waals surface area contributed by atoms with Crippen LogP contribution in [0.4, 0.5) is 18.3 Å². The molecule has 0 atom stereocenters. The van der Waals surface area contributed by atoms with Crippen molar-refractivity contribution in [3.8, 4) is 11.3 Å². The lowest BCUT2D eigenvalue weighted by Gasteiger charge is -2.19. The Kier molecular flexibility index (Phi) is 5.86. The molecule has 0 N–H and O–H groups in total. The molecule has 0 saturated carbocycles. The van der Waals surface area contributed by atoms with Crippen LogP contribution in [0, 0.1) is 6.92 Å². The Balaban J connectivity index is 1.65. The van der Waals surface area contributed by atoms with Gasteiger partial charge in [0.1, 0.15) is 22.8 Å². The van der Waals surface area contributed by atoms with Crippen LogP contribution in [0.15, 0.2) is 69.8 Å². The maximum atomic E-state index is 13.9. The van der Waals surface area contributed by atoms with E-state index in [4.69, 9.17) is 20.5 Å². The molecule has 0 saturated heterocycles. The topological polar surface area (TPSA) is 72.4 Å². The lowest BCUT2D eigenvalue weighted by Crippen LogP contribution is -2.31. The Bertz CT molecular complexity index is 1530. The van der Waals surface area contributed by atoms with Gasteiger partial charge >= 0.3 is 6.18 Å². The monoisotopic (exact) mass is 517 g/mol. The fourth-order valence-corrected chi connectivity index (χ4v) is 4.88. The highest BCUT2D eigenvalue weighted by Gasteiger charge is 2.35. The van der Waals surface area contributed by atoms with Crippen LogP contribution in [-0.4, -0.2) is 16.0 Å². The Morgan fingerprint density at radius 2 is 1.91 bits per heavy atom. The summed E-state index contributed by atoms with van der Waals surface area (Å²) in [5, 5.41) is 4.47. The summed E-state index contributed by atoms with van der Waals surface area (Å²) in [6, 6.07) is 13.9. The van der Waals surface area contributed by atoms with E-state index in [-0.39, 0.29) is 34.2 Å². The summed E-state index contributed by atoms with van der Waals surface area (Å²) in [6.07, 6.45) is -3.15. The van der Waals surface area contributed by atoms with E-state index in [1.54, 1.807) is 43.3 Å². The summed E-state index contributed by atoms with van der Waals surface area (Å²) in [7, 11) is 0. The molecular formula is C24H15ClF3N3O3S. The molecule has 0 spiro atoms. The van der Waals surface area contributed by atoms with Gasteiger partial charge in [-0.15, -0.1) is 0 Å². The number of benzene rings is 2. The molecule has 0 bridgehead atoms. The van der Waals surface area contributed by atoms with Crippen LogP contribution >= 0.6 is 22.9 Å². The molecule has 0 aliphatic carbocycles. The van der Waals surface area contributed by atoms with Crippen molar-refractivity contribution in [2.24, 2.45) is 0 Å². The number of alkyl halides is 3. The normalized spacial score (nSPS) is 11.8. The number of hydrogen-bond acceptors (Lipinski definition) is 6. The fourth-order valence-electron chi connectivity index (χ4n) is 3.66. The number of carbonyl (C=O) groups excluding carboxylic acids is 1. The number of carbonyl (C=O) groups is 1. The maximum absolute atomic E-state index is 13.9. The second kappa shape index (κ2) is 8.86. The van der Waals surface area contributed by atoms with Gasteiger partial charge in [-0.1, -0.05) is 52.4 Å². The third kappa shape index (κ3) is 4.30. The number of rotatable bonds is 5. The van der Waals surface area contributed by atoms with Crippen LogP contribution in [0.1, 0.15) is 27.4 Å². The third-order valence-electron chi connectivity index (χ3n) is 5.29. The van der Waals surface area contributed by atoms with Gasteiger partial charge in [0.15, 0.2) is 5.13 Å². The van der Waals surface area contributed by atoms with Crippen molar-refractivity contribution in [3.05, 3.63) is 88.5 Å². The Morgan fingerprint density at radius 1 is 1.11 bits per heavy atom. The van der Waals surface area contributed by atoms with Crippen molar-refractivity contribution >= 4 is 44.2 Å². The van der Waals surface area contributed by atoms with Gasteiger partial charge in [-0.25, -0.2) is 4.98 Å². The second-order valence-corrected chi connectivity index (χ2v) is 8.98. The van der Waals surface area contributed by atoms with Crippen LogP contribution in [0.2, 0.25) is 5.02 Å². The molecule has 2 aromatic carbocycles. The SMILES string of the molecule is Cc1onc(-c2ccccc2Cl)c1C(=O)N(Cc1ccco1)c1nc2c(C(F)(F)F)cccc2s1. The quantitative estimate of drug-likeness (QED) is 0.243. The zero-order valence-corrected chi connectivity index (χ0v) is 19.5. The molecule has 0 aliphatic rings. The standard InChI is InChI=1S/C24H15ClF3N3O3S/c1-13-19(20(30-34-13)15-7-2-3-9-17(15)25)22(32)31(12-14-6-5-11-33-14)23-29-21-16(24(26,27)28)8-4-10-18(21)35-23/h2-11H,12H2,1H3. The third-order valence-corrected chi connectivity index (χ3v) is 6.66. The minimum atomic E-state index is -4.59. The molecule has 11 heteroatoms. The zero-order valence-electron chi connectivity index (χ0n) is 18.0. The van der Waals surface area contributed by atoms with E-state index in [1.165, 1.54) is 23.3 Å². The highest BCUT2D eigenvalue weighted by atomic mass is 35.5. The summed E-state index contributed by atoms with van der Waals surface area (Å²) in [6.45, 7) is 1.51. The average molecular weight is 518 g/mol. The largest absolute Gasteiger partial charge is 0.467 e. The predicted molar refractivity (Wildman–Crippen MR) is 126 cm³/mol. The highest BCUT2D eigenvalue weighted by Crippen LogP contribution is 2.40. The van der Waals surface area contributed by atoms with Crippen LogP contribution in [0.3, 0.4) is 0 Å². The van der Waals surface area contributed by atoms with Gasteiger partial charge in [0.05, 0.1) is 33.6 Å². The molecular weight excluding hydrogens is 503 g/mol. The number of halogens is 4. The lowest BCUT2D eigenvalue weighted by molar-refractivity contribution is -0.136. The van der Waals surface area contributed by atoms with E-state index < -0.39 is 17.6 Å². The number of furan rings is 1. The number of nitrogens with zero attached hydrogens (tertiary/aromatic N) is 3. The van der Waals surface area contributed by atoms with Gasteiger partial charge in [-0.2, -0.15) is 13.2 Å². The first kappa shape index (κ1) is 23.1. The van der Waals surface area contributed by atoms with Crippen molar-refractivity contribution in [2.45, 2.75) is 19.6 Å². The van der Waals surface area contributed by atoms with Crippen molar-refractivity contribution in [1.29, 1.82) is 0 Å². The van der Waals surface area contributed by atoms with E-state index >= 15 is 0 Å². The molecule has 3 aromatic heterocycles. The summed E-state index contributed by atoms with van der Waals surface area (Å²) >= 11 is 7.30. The van der Waals surface area contributed by atoms with Gasteiger partial charge in [0.25, 0.3) is 5.91 Å². The van der Waals surface area contributed by atoms with Gasteiger partial charge in [0.2, 0.25) is 0 Å². The first-order valence-electron chi connectivity index (χ1n) is 10.3. The van der Waals surface area contributed by atoms with E-state index in [1.807, 2.05) is 0 Å². The van der Waals surface area contributed by atoms with Gasteiger partial charge in [-0.3, -0.25) is 9.69 Å². The number of hydrogen-bond donors (Lipinski definition) is 0. The van der Waals surface area contributed by atoms with Crippen LogP contribution in [0.25, 0.3) is 21.5 Å². The maximum Gasteiger partial charge on any atom is 0.418 e. The molecule has 178 valence electrons. The summed E-state index contributed by atoms with van der Waals surface area (Å²) < 4.78 is 51.8. The Labute approximate surface area is 205 Å². The summed E-state index contributed by atoms with van der Waals surface area (Å²) in [5.41, 5.74) is -0.276. The lowest BCUT2D eigenvalue weighted by atomic mass is 10.1. The smallest absolute Gasteiger partial charge is 0.418 e. The van der Waals surface area contributed by atoms with Gasteiger partial charge in [0, 0.05) is 5.56 Å². The molecule has 0 radical (unpaired) electrons. The number of anilines is 1. The average Bonchev–Trinajstić information content (AvgIpc) is 3.56. The van der Waals surface area contributed by atoms with E-state index in [9.17, 15) is 18.0 Å². The van der Waals surface area contributed by atoms with Crippen molar-refractivity contribution in [1.82, 2.24) is 10.1 Å². The van der Waals surface area contributed by atoms with Crippen LogP contribution in [0.5, 0.6) is 0 Å². The number of aryl methyl sites for hydroxylation is 1. The molecule has 35 heavy (non-hydrogen) atoms. The Hall–Kier alpha value is -3.63. The molecule has 0 fully saturated rings. The van der Waals surface area contributed by atoms with Crippen molar-refractivity contribution in [3.63, 3.8) is 0 Å². The molecule has 5 rings (SSSR count). The molecule has 0 unspecified atom stereocenters. The Morgan fingerprint density at radius 3 is 2.63 bits per heavy atom. The minimum Gasteiger partial charge on any atom is -0.467 e. The molecule has 1 amide bonds. The molecule has 3 heterocycles. The van der Waals surface area contributed by atoms with Crippen LogP contribution < -0.4 is 4.90 Å². The zero-order chi connectivity index (χ0) is 24.7. The van der Waals surface area contributed by atoms with Crippen LogP contribution in [-0.2, 0) is 12.7 Å². The number of amides is 1. The highest BCUT2D eigenvalue weighted by molar-refractivity contribution is 7.22. The van der Waals surface area contributed by atoms with Gasteiger partial charge < -0.3 is 8.94 Å². The number of thiazole rings is 1. The molecule has 0 aliphatic heterocycles.